The number of carbonyl (C=O) groups excluding carboxylic acids is 1. The smallest absolute Gasteiger partial charge is 0.255 e. The topological polar surface area (TPSA) is 93.5 Å². The molecule has 3 rings (SSSR count). The van der Waals surface area contributed by atoms with Crippen LogP contribution in [0.15, 0.2) is 48.5 Å². The molecule has 8 heteroatoms. The molecule has 1 aliphatic rings. The predicted octanol–water partition coefficient (Wildman–Crippen LogP) is 2.47. The second-order valence-electron chi connectivity index (χ2n) is 7.26. The molecule has 0 aromatic heterocycles. The average molecular weight is 427 g/mol. The van der Waals surface area contributed by atoms with Gasteiger partial charge in [-0.05, 0) is 42.3 Å². The number of piperazine rings is 1. The lowest BCUT2D eigenvalue weighted by molar-refractivity contribution is 0.102. The molecule has 0 aliphatic carbocycles. The molecular formula is C22H26N4O3S. The molecule has 0 bridgehead atoms. The van der Waals surface area contributed by atoms with Gasteiger partial charge in [-0.3, -0.25) is 9.69 Å². The normalized spacial score (nSPS) is 15.5. The van der Waals surface area contributed by atoms with E-state index in [0.717, 1.165) is 17.7 Å². The van der Waals surface area contributed by atoms with Crippen LogP contribution < -0.4 is 5.32 Å². The van der Waals surface area contributed by atoms with Gasteiger partial charge in [0, 0.05) is 44.0 Å². The molecule has 158 valence electrons. The van der Waals surface area contributed by atoms with Gasteiger partial charge >= 0.3 is 0 Å². The first-order valence-electron chi connectivity index (χ1n) is 9.97. The molecule has 0 radical (unpaired) electrons. The molecule has 0 atom stereocenters. The summed E-state index contributed by atoms with van der Waals surface area (Å²) in [6.07, 6.45) is 0.346. The SMILES string of the molecule is CCS(=O)(=O)N1CCN(Cc2ccc(C(=O)Nc3ccc(CC#N)cc3)cc2)CC1. The van der Waals surface area contributed by atoms with Gasteiger partial charge in [0.15, 0.2) is 0 Å². The number of hydrogen-bond acceptors (Lipinski definition) is 5. The van der Waals surface area contributed by atoms with Crippen molar-refractivity contribution in [1.29, 1.82) is 5.26 Å². The Bertz CT molecular complexity index is 1000. The van der Waals surface area contributed by atoms with E-state index in [9.17, 15) is 13.2 Å². The van der Waals surface area contributed by atoms with Gasteiger partial charge in [0.05, 0.1) is 18.2 Å². The zero-order valence-electron chi connectivity index (χ0n) is 17.0. The highest BCUT2D eigenvalue weighted by Crippen LogP contribution is 2.15. The summed E-state index contributed by atoms with van der Waals surface area (Å²) in [6, 6.07) is 16.8. The Morgan fingerprint density at radius 1 is 1.00 bits per heavy atom. The molecule has 1 fully saturated rings. The number of carbonyl (C=O) groups is 1. The second kappa shape index (κ2) is 9.85. The first-order valence-corrected chi connectivity index (χ1v) is 11.6. The number of anilines is 1. The third kappa shape index (κ3) is 5.66. The van der Waals surface area contributed by atoms with Crippen molar-refractivity contribution in [2.45, 2.75) is 19.9 Å². The monoisotopic (exact) mass is 426 g/mol. The van der Waals surface area contributed by atoms with Crippen molar-refractivity contribution in [3.05, 3.63) is 65.2 Å². The zero-order valence-corrected chi connectivity index (χ0v) is 17.9. The first kappa shape index (κ1) is 22.0. The number of nitrogens with one attached hydrogen (secondary N) is 1. The van der Waals surface area contributed by atoms with Gasteiger partial charge < -0.3 is 5.32 Å². The van der Waals surface area contributed by atoms with Crippen molar-refractivity contribution in [3.8, 4) is 6.07 Å². The fraction of sp³-hybridized carbons (Fsp3) is 0.364. The minimum absolute atomic E-state index is 0.139. The van der Waals surface area contributed by atoms with Gasteiger partial charge in [0.25, 0.3) is 5.91 Å². The molecular weight excluding hydrogens is 400 g/mol. The molecule has 2 aromatic rings. The highest BCUT2D eigenvalue weighted by molar-refractivity contribution is 7.89. The standard InChI is InChI=1S/C22H26N4O3S/c1-2-30(28,29)26-15-13-25(14-16-26)17-19-3-7-20(8-4-19)22(27)24-21-9-5-18(6-10-21)11-12-23/h3-10H,2,11,13-17H2,1H3,(H,24,27). The van der Waals surface area contributed by atoms with Crippen molar-refractivity contribution >= 4 is 21.6 Å². The lowest BCUT2D eigenvalue weighted by atomic mass is 10.1. The predicted molar refractivity (Wildman–Crippen MR) is 116 cm³/mol. The van der Waals surface area contributed by atoms with Gasteiger partial charge in [-0.1, -0.05) is 24.3 Å². The van der Waals surface area contributed by atoms with E-state index in [1.54, 1.807) is 35.5 Å². The van der Waals surface area contributed by atoms with E-state index in [1.807, 2.05) is 24.3 Å². The van der Waals surface area contributed by atoms with Crippen molar-refractivity contribution in [3.63, 3.8) is 0 Å². The molecule has 1 aliphatic heterocycles. The fourth-order valence-electron chi connectivity index (χ4n) is 3.37. The van der Waals surface area contributed by atoms with Crippen LogP contribution in [0.5, 0.6) is 0 Å². The average Bonchev–Trinajstić information content (AvgIpc) is 2.76. The summed E-state index contributed by atoms with van der Waals surface area (Å²) < 4.78 is 25.5. The third-order valence-electron chi connectivity index (χ3n) is 5.21. The molecule has 1 N–H and O–H groups in total. The molecule has 0 unspecified atom stereocenters. The Labute approximate surface area is 178 Å². The quantitative estimate of drug-likeness (QED) is 0.734. The van der Waals surface area contributed by atoms with E-state index in [2.05, 4.69) is 16.3 Å². The van der Waals surface area contributed by atoms with E-state index in [0.29, 0.717) is 43.9 Å². The van der Waals surface area contributed by atoms with Crippen LogP contribution in [0.4, 0.5) is 5.69 Å². The highest BCUT2D eigenvalue weighted by Gasteiger charge is 2.25. The summed E-state index contributed by atoms with van der Waals surface area (Å²) in [6.45, 7) is 4.83. The van der Waals surface area contributed by atoms with Crippen molar-refractivity contribution in [2.75, 3.05) is 37.2 Å². The Morgan fingerprint density at radius 2 is 1.60 bits per heavy atom. The minimum atomic E-state index is -3.12. The highest BCUT2D eigenvalue weighted by atomic mass is 32.2. The summed E-state index contributed by atoms with van der Waals surface area (Å²) >= 11 is 0. The molecule has 30 heavy (non-hydrogen) atoms. The molecule has 1 heterocycles. The van der Waals surface area contributed by atoms with Crippen LogP contribution in [-0.2, 0) is 23.0 Å². The Balaban J connectivity index is 1.52. The van der Waals surface area contributed by atoms with E-state index in [4.69, 9.17) is 5.26 Å². The summed E-state index contributed by atoms with van der Waals surface area (Å²) in [7, 11) is -3.12. The van der Waals surface area contributed by atoms with Gasteiger partial charge in [0.2, 0.25) is 10.0 Å². The number of rotatable bonds is 7. The lowest BCUT2D eigenvalue weighted by Crippen LogP contribution is -2.48. The van der Waals surface area contributed by atoms with Gasteiger partial charge in [0.1, 0.15) is 0 Å². The van der Waals surface area contributed by atoms with Crippen molar-refractivity contribution in [1.82, 2.24) is 9.21 Å². The van der Waals surface area contributed by atoms with Crippen LogP contribution >= 0.6 is 0 Å². The molecule has 0 saturated carbocycles. The first-order chi connectivity index (χ1) is 14.4. The number of nitrogens with zero attached hydrogens (tertiary/aromatic N) is 3. The molecule has 1 amide bonds. The zero-order chi connectivity index (χ0) is 21.6. The van der Waals surface area contributed by atoms with E-state index < -0.39 is 10.0 Å². The maximum absolute atomic E-state index is 12.4. The number of sulfonamides is 1. The molecule has 7 nitrogen and oxygen atoms in total. The Morgan fingerprint density at radius 3 is 2.17 bits per heavy atom. The summed E-state index contributed by atoms with van der Waals surface area (Å²) in [5.74, 6) is -0.0476. The van der Waals surface area contributed by atoms with E-state index in [1.165, 1.54) is 0 Å². The van der Waals surface area contributed by atoms with Crippen LogP contribution in [0, 0.1) is 11.3 Å². The number of benzene rings is 2. The van der Waals surface area contributed by atoms with Crippen LogP contribution in [0.2, 0.25) is 0 Å². The summed E-state index contributed by atoms with van der Waals surface area (Å²) in [4.78, 5) is 14.7. The Kier molecular flexibility index (Phi) is 7.21. The summed E-state index contributed by atoms with van der Waals surface area (Å²) in [5, 5.41) is 11.6. The van der Waals surface area contributed by atoms with Crippen LogP contribution in [0.25, 0.3) is 0 Å². The van der Waals surface area contributed by atoms with Gasteiger partial charge in [-0.2, -0.15) is 9.57 Å². The molecule has 1 saturated heterocycles. The van der Waals surface area contributed by atoms with Crippen molar-refractivity contribution < 1.29 is 13.2 Å². The van der Waals surface area contributed by atoms with Crippen LogP contribution in [-0.4, -0.2) is 55.5 Å². The number of nitriles is 1. The fourth-order valence-corrected chi connectivity index (χ4v) is 4.45. The maximum Gasteiger partial charge on any atom is 0.255 e. The summed E-state index contributed by atoms with van der Waals surface area (Å²) in [5.41, 5.74) is 3.25. The van der Waals surface area contributed by atoms with Crippen LogP contribution in [0.1, 0.15) is 28.4 Å². The molecule has 0 spiro atoms. The second-order valence-corrected chi connectivity index (χ2v) is 9.52. The van der Waals surface area contributed by atoms with Gasteiger partial charge in [-0.25, -0.2) is 8.42 Å². The largest absolute Gasteiger partial charge is 0.322 e. The van der Waals surface area contributed by atoms with E-state index in [-0.39, 0.29) is 11.7 Å². The molecule has 2 aromatic carbocycles. The van der Waals surface area contributed by atoms with Crippen molar-refractivity contribution in [2.24, 2.45) is 0 Å². The maximum atomic E-state index is 12.4. The third-order valence-corrected chi connectivity index (χ3v) is 7.09. The number of hydrogen-bond donors (Lipinski definition) is 1. The van der Waals surface area contributed by atoms with E-state index >= 15 is 0 Å². The van der Waals surface area contributed by atoms with Crippen LogP contribution in [0.3, 0.4) is 0 Å². The minimum Gasteiger partial charge on any atom is -0.322 e. The van der Waals surface area contributed by atoms with Gasteiger partial charge in [-0.15, -0.1) is 0 Å². The number of amides is 1. The lowest BCUT2D eigenvalue weighted by Gasteiger charge is -2.33. The Hall–Kier alpha value is -2.73.